The number of amides is 2. The Morgan fingerprint density at radius 2 is 1.64 bits per heavy atom. The molecule has 144 valence electrons. The van der Waals surface area contributed by atoms with E-state index in [9.17, 15) is 9.59 Å². The molecular weight excluding hydrogens is 374 g/mol. The Bertz CT molecular complexity index is 953. The smallest absolute Gasteiger partial charge is 0.248 e. The van der Waals surface area contributed by atoms with Crippen molar-refractivity contribution in [3.8, 4) is 11.5 Å². The molecule has 0 saturated carbocycles. The fraction of sp³-hybridized carbons (Fsp3) is 0.190. The molecule has 0 unspecified atom stereocenters. The molecule has 0 atom stereocenters. The van der Waals surface area contributed by atoms with Crippen molar-refractivity contribution in [2.45, 2.75) is 25.2 Å². The summed E-state index contributed by atoms with van der Waals surface area (Å²) in [4.78, 5) is 29.4. The fourth-order valence-electron chi connectivity index (χ4n) is 2.45. The van der Waals surface area contributed by atoms with E-state index in [1.54, 1.807) is 6.92 Å². The minimum atomic E-state index is -0.357. The Morgan fingerprint density at radius 1 is 0.964 bits per heavy atom. The summed E-state index contributed by atoms with van der Waals surface area (Å²) in [5.41, 5.74) is 7.40. The summed E-state index contributed by atoms with van der Waals surface area (Å²) in [6.07, 6.45) is 0.0214. The first kappa shape index (κ1) is 19.7. The van der Waals surface area contributed by atoms with Crippen LogP contribution < -0.4 is 10.9 Å². The van der Waals surface area contributed by atoms with Crippen molar-refractivity contribution in [3.63, 3.8) is 0 Å². The fourth-order valence-corrected chi connectivity index (χ4v) is 3.15. The third kappa shape index (κ3) is 5.47. The zero-order chi connectivity index (χ0) is 19.9. The number of nitrogens with one attached hydrogen (secondary N) is 2. The van der Waals surface area contributed by atoms with Gasteiger partial charge >= 0.3 is 0 Å². The van der Waals surface area contributed by atoms with Gasteiger partial charge in [-0.25, -0.2) is 4.98 Å². The topological polar surface area (TPSA) is 84.2 Å². The van der Waals surface area contributed by atoms with Crippen LogP contribution in [0.1, 0.15) is 17.0 Å². The van der Waals surface area contributed by atoms with Crippen molar-refractivity contribution in [1.82, 2.24) is 15.8 Å². The maximum absolute atomic E-state index is 12.1. The first-order chi connectivity index (χ1) is 13.5. The Hall–Kier alpha value is -3.06. The maximum atomic E-state index is 12.1. The number of oxazole rings is 1. The van der Waals surface area contributed by atoms with Crippen molar-refractivity contribution in [2.75, 3.05) is 5.75 Å². The summed E-state index contributed by atoms with van der Waals surface area (Å²) < 4.78 is 5.64. The third-order valence-electron chi connectivity index (χ3n) is 3.97. The molecule has 1 heterocycles. The van der Waals surface area contributed by atoms with E-state index in [0.717, 1.165) is 10.5 Å². The lowest BCUT2D eigenvalue weighted by Gasteiger charge is -2.07. The highest BCUT2D eigenvalue weighted by atomic mass is 32.2. The van der Waals surface area contributed by atoms with Crippen LogP contribution in [0.5, 0.6) is 0 Å². The molecule has 1 aromatic heterocycles. The number of benzene rings is 2. The number of aromatic nitrogens is 1. The number of nitrogens with zero attached hydrogens (tertiary/aromatic N) is 1. The Balaban J connectivity index is 1.47. The summed E-state index contributed by atoms with van der Waals surface area (Å²) in [6.45, 7) is 3.77. The minimum Gasteiger partial charge on any atom is -0.441 e. The predicted molar refractivity (Wildman–Crippen MR) is 109 cm³/mol. The van der Waals surface area contributed by atoms with Gasteiger partial charge in [0.2, 0.25) is 17.7 Å². The first-order valence-corrected chi connectivity index (χ1v) is 9.78. The molecule has 2 amide bonds. The van der Waals surface area contributed by atoms with E-state index in [1.807, 2.05) is 61.5 Å². The van der Waals surface area contributed by atoms with Crippen LogP contribution in [0.25, 0.3) is 11.5 Å². The Morgan fingerprint density at radius 3 is 2.36 bits per heavy atom. The molecule has 3 rings (SSSR count). The quantitative estimate of drug-likeness (QED) is 0.493. The zero-order valence-electron chi connectivity index (χ0n) is 15.7. The second kappa shape index (κ2) is 9.23. The van der Waals surface area contributed by atoms with E-state index in [4.69, 9.17) is 4.42 Å². The molecule has 28 heavy (non-hydrogen) atoms. The highest BCUT2D eigenvalue weighted by Crippen LogP contribution is 2.21. The highest BCUT2D eigenvalue weighted by molar-refractivity contribution is 8.00. The van der Waals surface area contributed by atoms with E-state index in [-0.39, 0.29) is 24.0 Å². The van der Waals surface area contributed by atoms with Gasteiger partial charge in [-0.3, -0.25) is 20.4 Å². The molecule has 0 radical (unpaired) electrons. The minimum absolute atomic E-state index is 0.0214. The summed E-state index contributed by atoms with van der Waals surface area (Å²) in [5, 5.41) is 0. The van der Waals surface area contributed by atoms with Crippen LogP contribution in [0.15, 0.2) is 63.9 Å². The van der Waals surface area contributed by atoms with Crippen molar-refractivity contribution in [3.05, 3.63) is 71.6 Å². The predicted octanol–water partition coefficient (Wildman–Crippen LogP) is 3.44. The van der Waals surface area contributed by atoms with Crippen LogP contribution >= 0.6 is 11.8 Å². The monoisotopic (exact) mass is 395 g/mol. The number of thioether (sulfide) groups is 1. The van der Waals surface area contributed by atoms with Crippen LogP contribution in [-0.4, -0.2) is 22.6 Å². The largest absolute Gasteiger partial charge is 0.441 e. The van der Waals surface area contributed by atoms with Gasteiger partial charge in [0.1, 0.15) is 5.76 Å². The molecule has 2 N–H and O–H groups in total. The van der Waals surface area contributed by atoms with Crippen LogP contribution in [0, 0.1) is 13.8 Å². The number of rotatable bonds is 6. The number of hydrazine groups is 1. The van der Waals surface area contributed by atoms with Crippen LogP contribution in [-0.2, 0) is 16.0 Å². The van der Waals surface area contributed by atoms with E-state index in [0.29, 0.717) is 17.3 Å². The standard InChI is InChI=1S/C21H21N3O3S/c1-14-8-10-17(11-9-14)28-13-20(26)24-23-19(25)12-18-15(2)27-21(22-18)16-6-4-3-5-7-16/h3-11H,12-13H2,1-2H3,(H,23,25)(H,24,26). The molecule has 0 aliphatic heterocycles. The van der Waals surface area contributed by atoms with Crippen LogP contribution in [0.4, 0.5) is 0 Å². The van der Waals surface area contributed by atoms with Gasteiger partial charge in [-0.1, -0.05) is 35.9 Å². The molecule has 0 spiro atoms. The molecule has 0 aliphatic rings. The summed E-state index contributed by atoms with van der Waals surface area (Å²) in [5.74, 6) is 0.630. The van der Waals surface area contributed by atoms with E-state index in [2.05, 4.69) is 15.8 Å². The number of hydrogen-bond acceptors (Lipinski definition) is 5. The van der Waals surface area contributed by atoms with Gasteiger partial charge in [-0.2, -0.15) is 0 Å². The van der Waals surface area contributed by atoms with Crippen LogP contribution in [0.2, 0.25) is 0 Å². The van der Waals surface area contributed by atoms with E-state index >= 15 is 0 Å². The molecule has 2 aromatic carbocycles. The lowest BCUT2D eigenvalue weighted by atomic mass is 10.2. The maximum Gasteiger partial charge on any atom is 0.248 e. The second-order valence-corrected chi connectivity index (χ2v) is 7.31. The molecule has 7 heteroatoms. The van der Waals surface area contributed by atoms with Gasteiger partial charge in [0.15, 0.2) is 0 Å². The number of aryl methyl sites for hydroxylation is 2. The van der Waals surface area contributed by atoms with Gasteiger partial charge in [0.25, 0.3) is 0 Å². The molecular formula is C21H21N3O3S. The molecule has 0 aliphatic carbocycles. The van der Waals surface area contributed by atoms with Crippen molar-refractivity contribution < 1.29 is 14.0 Å². The van der Waals surface area contributed by atoms with Gasteiger partial charge in [0.05, 0.1) is 17.9 Å². The summed E-state index contributed by atoms with van der Waals surface area (Å²) in [6, 6.07) is 17.4. The second-order valence-electron chi connectivity index (χ2n) is 6.26. The molecule has 3 aromatic rings. The number of hydrogen-bond donors (Lipinski definition) is 2. The lowest BCUT2D eigenvalue weighted by molar-refractivity contribution is -0.127. The molecule has 6 nitrogen and oxygen atoms in total. The van der Waals surface area contributed by atoms with Crippen LogP contribution in [0.3, 0.4) is 0 Å². The van der Waals surface area contributed by atoms with E-state index < -0.39 is 0 Å². The lowest BCUT2D eigenvalue weighted by Crippen LogP contribution is -2.43. The molecule has 0 bridgehead atoms. The zero-order valence-corrected chi connectivity index (χ0v) is 16.5. The molecule has 0 saturated heterocycles. The normalized spacial score (nSPS) is 10.5. The van der Waals surface area contributed by atoms with Crippen molar-refractivity contribution in [1.29, 1.82) is 0 Å². The Kier molecular flexibility index (Phi) is 6.49. The SMILES string of the molecule is Cc1ccc(SCC(=O)NNC(=O)Cc2nc(-c3ccccc3)oc2C)cc1. The average Bonchev–Trinajstić information content (AvgIpc) is 3.07. The van der Waals surface area contributed by atoms with Gasteiger partial charge in [-0.15, -0.1) is 11.8 Å². The van der Waals surface area contributed by atoms with Gasteiger partial charge < -0.3 is 4.42 Å². The summed E-state index contributed by atoms with van der Waals surface area (Å²) in [7, 11) is 0. The van der Waals surface area contributed by atoms with Gasteiger partial charge in [-0.05, 0) is 38.1 Å². The number of carbonyl (C=O) groups excluding carboxylic acids is 2. The number of carbonyl (C=O) groups is 2. The highest BCUT2D eigenvalue weighted by Gasteiger charge is 2.15. The first-order valence-electron chi connectivity index (χ1n) is 8.80. The average molecular weight is 395 g/mol. The third-order valence-corrected chi connectivity index (χ3v) is 4.99. The van der Waals surface area contributed by atoms with Gasteiger partial charge in [0, 0.05) is 10.5 Å². The Labute approximate surface area is 167 Å². The van der Waals surface area contributed by atoms with Crippen molar-refractivity contribution in [2.24, 2.45) is 0 Å². The molecule has 0 fully saturated rings. The van der Waals surface area contributed by atoms with E-state index in [1.165, 1.54) is 17.3 Å². The van der Waals surface area contributed by atoms with Crippen molar-refractivity contribution >= 4 is 23.6 Å². The summed E-state index contributed by atoms with van der Waals surface area (Å²) >= 11 is 1.41.